The minimum atomic E-state index is -0.521. The average Bonchev–Trinajstić information content (AvgIpc) is 2.55. The second-order valence-corrected chi connectivity index (χ2v) is 8.97. The van der Waals surface area contributed by atoms with Crippen LogP contribution in [0, 0.1) is 23.0 Å². The van der Waals surface area contributed by atoms with Gasteiger partial charge in [-0.15, -0.1) is 0 Å². The Kier molecular flexibility index (Phi) is 6.87. The Bertz CT molecular complexity index is 656. The van der Waals surface area contributed by atoms with Crippen LogP contribution in [0.4, 0.5) is 20.2 Å². The second-order valence-electron chi connectivity index (χ2n) is 8.97. The van der Waals surface area contributed by atoms with Gasteiger partial charge < -0.3 is 10.2 Å². The highest BCUT2D eigenvalue weighted by atomic mass is 19.1. The molecule has 5 heteroatoms. The molecule has 1 heterocycles. The molecule has 27 heavy (non-hydrogen) atoms. The van der Waals surface area contributed by atoms with Crippen molar-refractivity contribution in [2.75, 3.05) is 23.3 Å². The molecule has 0 aromatic heterocycles. The van der Waals surface area contributed by atoms with Crippen molar-refractivity contribution in [2.24, 2.45) is 11.3 Å². The molecule has 1 N–H and O–H groups in total. The number of rotatable bonds is 5. The summed E-state index contributed by atoms with van der Waals surface area (Å²) in [6.07, 6.45) is 2.98. The third-order valence-corrected chi connectivity index (χ3v) is 5.31. The molecule has 0 saturated carbocycles. The van der Waals surface area contributed by atoms with Crippen molar-refractivity contribution in [1.82, 2.24) is 0 Å². The van der Waals surface area contributed by atoms with Crippen molar-refractivity contribution in [1.29, 1.82) is 0 Å². The third-order valence-electron chi connectivity index (χ3n) is 5.31. The number of anilines is 2. The van der Waals surface area contributed by atoms with Crippen LogP contribution in [0.1, 0.15) is 71.9 Å². The van der Waals surface area contributed by atoms with Crippen molar-refractivity contribution in [3.8, 4) is 0 Å². The van der Waals surface area contributed by atoms with Crippen LogP contribution in [0.25, 0.3) is 0 Å². The zero-order valence-electron chi connectivity index (χ0n) is 17.6. The van der Waals surface area contributed by atoms with Crippen molar-refractivity contribution in [3.05, 3.63) is 22.8 Å². The van der Waals surface area contributed by atoms with Crippen LogP contribution in [-0.4, -0.2) is 19.0 Å². The van der Waals surface area contributed by atoms with Crippen LogP contribution in [0.2, 0.25) is 0 Å². The molecule has 1 amide bonds. The van der Waals surface area contributed by atoms with Crippen LogP contribution in [0.15, 0.2) is 0 Å². The minimum absolute atomic E-state index is 0.0874. The molecule has 1 saturated heterocycles. The molecule has 0 bridgehead atoms. The van der Waals surface area contributed by atoms with E-state index < -0.39 is 11.6 Å². The van der Waals surface area contributed by atoms with Crippen molar-refractivity contribution in [2.45, 2.75) is 73.6 Å². The van der Waals surface area contributed by atoms with E-state index in [2.05, 4.69) is 12.2 Å². The van der Waals surface area contributed by atoms with E-state index >= 15 is 8.78 Å². The molecule has 0 aliphatic carbocycles. The monoisotopic (exact) mass is 380 g/mol. The van der Waals surface area contributed by atoms with Crippen molar-refractivity contribution >= 4 is 17.3 Å². The van der Waals surface area contributed by atoms with Crippen LogP contribution >= 0.6 is 0 Å². The van der Waals surface area contributed by atoms with E-state index in [-0.39, 0.29) is 17.0 Å². The Hall–Kier alpha value is -1.65. The van der Waals surface area contributed by atoms with Gasteiger partial charge in [0.05, 0.1) is 5.69 Å². The van der Waals surface area contributed by atoms with Gasteiger partial charge in [0, 0.05) is 30.6 Å². The number of carbonyl (C=O) groups excluding carboxylic acids is 1. The molecule has 1 aromatic rings. The topological polar surface area (TPSA) is 32.3 Å². The molecule has 2 rings (SSSR count). The van der Waals surface area contributed by atoms with Gasteiger partial charge in [-0.2, -0.15) is 0 Å². The molecule has 0 unspecified atom stereocenters. The van der Waals surface area contributed by atoms with Gasteiger partial charge >= 0.3 is 0 Å². The summed E-state index contributed by atoms with van der Waals surface area (Å²) in [7, 11) is 0. The van der Waals surface area contributed by atoms with Gasteiger partial charge in [-0.05, 0) is 37.0 Å². The van der Waals surface area contributed by atoms with Gasteiger partial charge in [0.1, 0.15) is 5.69 Å². The Morgan fingerprint density at radius 1 is 1.07 bits per heavy atom. The Labute approximate surface area is 162 Å². The Morgan fingerprint density at radius 2 is 1.56 bits per heavy atom. The van der Waals surface area contributed by atoms with Gasteiger partial charge in [-0.25, -0.2) is 8.78 Å². The molecule has 1 aromatic carbocycles. The van der Waals surface area contributed by atoms with Crippen molar-refractivity contribution < 1.29 is 13.6 Å². The highest BCUT2D eigenvalue weighted by molar-refractivity contribution is 5.93. The van der Waals surface area contributed by atoms with E-state index in [9.17, 15) is 4.79 Å². The number of benzene rings is 1. The number of hydrogen-bond donors (Lipinski definition) is 1. The summed E-state index contributed by atoms with van der Waals surface area (Å²) < 4.78 is 30.7. The molecule has 1 fully saturated rings. The van der Waals surface area contributed by atoms with Crippen LogP contribution in [-0.2, 0) is 17.6 Å². The lowest BCUT2D eigenvalue weighted by molar-refractivity contribution is -0.117. The van der Waals surface area contributed by atoms with E-state index in [1.807, 2.05) is 39.5 Å². The first kappa shape index (κ1) is 21.6. The third kappa shape index (κ3) is 4.99. The lowest BCUT2D eigenvalue weighted by Crippen LogP contribution is -2.35. The number of nitrogens with one attached hydrogen (secondary N) is 1. The molecule has 0 spiro atoms. The molecule has 3 nitrogen and oxygen atoms in total. The highest BCUT2D eigenvalue weighted by Gasteiger charge is 2.29. The number of piperidine rings is 1. The zero-order valence-corrected chi connectivity index (χ0v) is 17.6. The van der Waals surface area contributed by atoms with Gasteiger partial charge in [-0.1, -0.05) is 41.5 Å². The summed E-state index contributed by atoms with van der Waals surface area (Å²) in [5.74, 6) is -0.662. The molecule has 152 valence electrons. The predicted octanol–water partition coefficient (Wildman–Crippen LogP) is 5.70. The maximum Gasteiger partial charge on any atom is 0.224 e. The number of amides is 1. The maximum atomic E-state index is 15.3. The number of nitrogens with zero attached hydrogens (tertiary/aromatic N) is 1. The van der Waals surface area contributed by atoms with Crippen LogP contribution in [0.3, 0.4) is 0 Å². The second kappa shape index (κ2) is 8.57. The lowest BCUT2D eigenvalue weighted by atomic mass is 9.91. The quantitative estimate of drug-likeness (QED) is 0.710. The molecule has 0 radical (unpaired) electrons. The van der Waals surface area contributed by atoms with E-state index in [4.69, 9.17) is 0 Å². The van der Waals surface area contributed by atoms with E-state index in [0.717, 1.165) is 12.8 Å². The van der Waals surface area contributed by atoms with E-state index in [1.54, 1.807) is 0 Å². The number of halogens is 2. The summed E-state index contributed by atoms with van der Waals surface area (Å²) in [5.41, 5.74) is 1.04. The molecular weight excluding hydrogens is 346 g/mol. The van der Waals surface area contributed by atoms with Crippen LogP contribution in [0.5, 0.6) is 0 Å². The number of carbonyl (C=O) groups is 1. The summed E-state index contributed by atoms with van der Waals surface area (Å²) in [6, 6.07) is 0. The average molecular weight is 381 g/mol. The molecular formula is C22H34F2N2O. The highest BCUT2D eigenvalue weighted by Crippen LogP contribution is 2.38. The van der Waals surface area contributed by atoms with Crippen LogP contribution < -0.4 is 10.2 Å². The summed E-state index contributed by atoms with van der Waals surface area (Å²) in [5, 5.41) is 2.82. The first-order valence-corrected chi connectivity index (χ1v) is 10.2. The Morgan fingerprint density at radius 3 is 1.96 bits per heavy atom. The fourth-order valence-electron chi connectivity index (χ4n) is 3.77. The Balaban J connectivity index is 2.48. The van der Waals surface area contributed by atoms with Crippen molar-refractivity contribution in [3.63, 3.8) is 0 Å². The van der Waals surface area contributed by atoms with Gasteiger partial charge in [-0.3, -0.25) is 4.79 Å². The fraction of sp³-hybridized carbons (Fsp3) is 0.682. The standard InChI is InChI=1S/C22H34F2N2O/c1-7-15-18(23)21(26-11-9-14(3)10-12-26)19(24)16(8-2)20(15)25-17(27)13-22(4,5)6/h14H,7-13H2,1-6H3,(H,25,27). The SMILES string of the molecule is CCc1c(F)c(N2CCC(C)CC2)c(F)c(CC)c1NC(=O)CC(C)(C)C. The fourth-order valence-corrected chi connectivity index (χ4v) is 3.77. The largest absolute Gasteiger partial charge is 0.367 e. The van der Waals surface area contributed by atoms with Gasteiger partial charge in [0.15, 0.2) is 11.6 Å². The predicted molar refractivity (Wildman–Crippen MR) is 108 cm³/mol. The first-order valence-electron chi connectivity index (χ1n) is 10.2. The normalized spacial score (nSPS) is 15.9. The zero-order chi connectivity index (χ0) is 20.4. The smallest absolute Gasteiger partial charge is 0.224 e. The summed E-state index contributed by atoms with van der Waals surface area (Å²) >= 11 is 0. The first-order chi connectivity index (χ1) is 12.6. The van der Waals surface area contributed by atoms with Gasteiger partial charge in [0.25, 0.3) is 0 Å². The van der Waals surface area contributed by atoms with E-state index in [1.165, 1.54) is 0 Å². The molecule has 1 aliphatic heterocycles. The molecule has 0 atom stereocenters. The summed E-state index contributed by atoms with van der Waals surface area (Å²) in [6.45, 7) is 13.1. The number of hydrogen-bond acceptors (Lipinski definition) is 2. The maximum absolute atomic E-state index is 15.3. The van der Waals surface area contributed by atoms with E-state index in [0.29, 0.717) is 55.1 Å². The minimum Gasteiger partial charge on any atom is -0.367 e. The molecule has 1 aliphatic rings. The lowest BCUT2D eigenvalue weighted by Gasteiger charge is -2.34. The summed E-state index contributed by atoms with van der Waals surface area (Å²) in [4.78, 5) is 14.3. The van der Waals surface area contributed by atoms with Gasteiger partial charge in [0.2, 0.25) is 5.91 Å².